The predicted octanol–water partition coefficient (Wildman–Crippen LogP) is 12.1. The summed E-state index contributed by atoms with van der Waals surface area (Å²) >= 11 is 17.0. The van der Waals surface area contributed by atoms with Crippen LogP contribution in [-0.2, 0) is 43.0 Å². The summed E-state index contributed by atoms with van der Waals surface area (Å²) in [5.74, 6) is -15.9. The third-order valence-corrected chi connectivity index (χ3v) is 21.4. The maximum Gasteiger partial charge on any atom is 0.338 e. The van der Waals surface area contributed by atoms with Gasteiger partial charge in [0.1, 0.15) is 41.7 Å². The minimum Gasteiger partial charge on any atom is -0.478 e. The molecule has 7 atom stereocenters. The third-order valence-electron chi connectivity index (χ3n) is 17.3. The molecule has 0 spiro atoms. The van der Waals surface area contributed by atoms with E-state index in [0.29, 0.717) is 75.9 Å². The fourth-order valence-corrected chi connectivity index (χ4v) is 15.8. The van der Waals surface area contributed by atoms with Gasteiger partial charge in [0.2, 0.25) is 0 Å². The second-order valence-corrected chi connectivity index (χ2v) is 29.7. The lowest BCUT2D eigenvalue weighted by molar-refractivity contribution is -0.139. The third kappa shape index (κ3) is 20.9. The van der Waals surface area contributed by atoms with Crippen LogP contribution in [0.1, 0.15) is 70.6 Å². The van der Waals surface area contributed by atoms with Crippen molar-refractivity contribution in [1.82, 2.24) is 45.6 Å². The number of esters is 3. The van der Waals surface area contributed by atoms with E-state index in [9.17, 15) is 63.9 Å². The zero-order valence-corrected chi connectivity index (χ0v) is 64.5. The maximum atomic E-state index is 14.7. The van der Waals surface area contributed by atoms with E-state index in [4.69, 9.17) is 46.1 Å². The van der Waals surface area contributed by atoms with Gasteiger partial charge in [-0.2, -0.15) is 0 Å². The van der Waals surface area contributed by atoms with E-state index in [0.717, 1.165) is 24.3 Å². The minimum absolute atomic E-state index is 0.0295. The number of hydrogen-bond acceptors (Lipinski definition) is 24. The number of benzene rings is 3. The molecule has 3 aromatic heterocycles. The first-order valence-electron chi connectivity index (χ1n) is 33.5. The number of halogens is 11. The van der Waals surface area contributed by atoms with Crippen molar-refractivity contribution in [2.24, 2.45) is 32.7 Å². The SMILES string of the molecule is CCOC(=O)C1=C(CN2CC(/C=C/C(=O)O)C(F)(F)C2)NC(c2nccs2)=N[C@H]1c1ccc(F)cc1Br.CCOC(=O)C1=C(CN2CC(/C=C/C(=O)O)C(F)(F)C2)NC(c2nccs2)=N[C@H]1c1ccc(F)cc1Cl.CCOC(=O)C1=C(CN2CC(F)C(/C=C/C(=O)O)C2)NC(c2nccs2)=N[C@H]1c1ccc(F)cc1Br. The first-order chi connectivity index (χ1) is 52.4. The molecule has 6 aliphatic rings. The monoisotopic (exact) mass is 1730 g/mol. The highest BCUT2D eigenvalue weighted by Crippen LogP contribution is 2.43. The summed E-state index contributed by atoms with van der Waals surface area (Å²) in [5.41, 5.74) is 2.74. The first-order valence-corrected chi connectivity index (χ1v) is 38.1. The van der Waals surface area contributed by atoms with E-state index in [1.807, 2.05) is 0 Å². The number of amidine groups is 3. The number of aliphatic carboxylic acids is 3. The van der Waals surface area contributed by atoms with E-state index < -0.39 is 120 Å². The lowest BCUT2D eigenvalue weighted by atomic mass is 9.95. The molecule has 0 amide bonds. The number of carbonyl (C=O) groups excluding carboxylic acids is 3. The van der Waals surface area contributed by atoms with Crippen LogP contribution in [0.5, 0.6) is 0 Å². The number of ether oxygens (including phenoxy) is 3. The summed E-state index contributed by atoms with van der Waals surface area (Å²) in [5, 5.41) is 42.8. The molecule has 9 heterocycles. The molecule has 38 heteroatoms. The van der Waals surface area contributed by atoms with Crippen LogP contribution in [-0.4, -0.2) is 195 Å². The summed E-state index contributed by atoms with van der Waals surface area (Å²) in [6, 6.07) is 9.02. The van der Waals surface area contributed by atoms with Crippen molar-refractivity contribution < 1.29 is 93.4 Å². The van der Waals surface area contributed by atoms with Gasteiger partial charge in [-0.05, 0) is 68.3 Å². The summed E-state index contributed by atoms with van der Waals surface area (Å²) in [6.45, 7) is 3.89. The molecular formula is C72H67Br2ClF8N12O12S3. The van der Waals surface area contributed by atoms with Gasteiger partial charge in [-0.15, -0.1) is 34.0 Å². The topological polar surface area (TPSA) is 312 Å². The summed E-state index contributed by atoms with van der Waals surface area (Å²) in [6.07, 6.45) is 9.17. The molecule has 4 unspecified atom stereocenters. The predicted molar refractivity (Wildman–Crippen MR) is 399 cm³/mol. The zero-order chi connectivity index (χ0) is 79.3. The Balaban J connectivity index is 0.000000176. The van der Waals surface area contributed by atoms with Crippen LogP contribution >= 0.6 is 77.5 Å². The molecule has 24 nitrogen and oxygen atoms in total. The Labute approximate surface area is 656 Å². The molecule has 582 valence electrons. The fraction of sp³-hybridized carbons (Fsp3) is 0.333. The molecule has 110 heavy (non-hydrogen) atoms. The van der Waals surface area contributed by atoms with E-state index in [2.05, 4.69) is 72.7 Å². The van der Waals surface area contributed by atoms with E-state index >= 15 is 0 Å². The van der Waals surface area contributed by atoms with Gasteiger partial charge in [-0.3, -0.25) is 29.7 Å². The number of carboxylic acids is 3. The number of likely N-dealkylation sites (tertiary alicyclic amines) is 3. The second-order valence-electron chi connectivity index (χ2n) is 24.9. The normalized spacial score (nSPS) is 22.0. The van der Waals surface area contributed by atoms with Gasteiger partial charge in [-0.25, -0.2) is 78.8 Å². The molecule has 0 bridgehead atoms. The van der Waals surface area contributed by atoms with Gasteiger partial charge in [-0.1, -0.05) is 79.9 Å². The quantitative estimate of drug-likeness (QED) is 0.0142. The van der Waals surface area contributed by atoms with Crippen molar-refractivity contribution in [2.75, 3.05) is 78.7 Å². The van der Waals surface area contributed by atoms with Crippen LogP contribution in [0.4, 0.5) is 35.1 Å². The largest absolute Gasteiger partial charge is 0.478 e. The maximum absolute atomic E-state index is 14.7. The highest BCUT2D eigenvalue weighted by atomic mass is 79.9. The number of aliphatic imine (C=N–C) groups is 3. The Morgan fingerprint density at radius 3 is 1.21 bits per heavy atom. The lowest BCUT2D eigenvalue weighted by Crippen LogP contribution is -2.39. The van der Waals surface area contributed by atoms with Crippen molar-refractivity contribution in [1.29, 1.82) is 0 Å². The Hall–Kier alpha value is -9.21. The number of thiazole rings is 3. The van der Waals surface area contributed by atoms with Crippen molar-refractivity contribution in [3.05, 3.63) is 223 Å². The van der Waals surface area contributed by atoms with Crippen LogP contribution in [0, 0.1) is 35.2 Å². The molecule has 0 radical (unpaired) electrons. The number of rotatable bonds is 24. The van der Waals surface area contributed by atoms with E-state index in [1.165, 1.54) is 92.4 Å². The van der Waals surface area contributed by atoms with Crippen LogP contribution in [0.3, 0.4) is 0 Å². The Morgan fingerprint density at radius 1 is 0.527 bits per heavy atom. The van der Waals surface area contributed by atoms with Crippen LogP contribution in [0.15, 0.2) is 184 Å². The van der Waals surface area contributed by atoms with Crippen molar-refractivity contribution >= 4 is 131 Å². The van der Waals surface area contributed by atoms with Gasteiger partial charge in [0.15, 0.2) is 32.5 Å². The van der Waals surface area contributed by atoms with Crippen molar-refractivity contribution in [2.45, 2.75) is 56.9 Å². The van der Waals surface area contributed by atoms with E-state index in [1.54, 1.807) is 66.5 Å². The number of nitrogens with zero attached hydrogens (tertiary/aromatic N) is 9. The molecule has 12 rings (SSSR count). The number of carboxylic acid groups (broad SMARTS) is 3. The highest BCUT2D eigenvalue weighted by Gasteiger charge is 2.50. The highest BCUT2D eigenvalue weighted by molar-refractivity contribution is 9.10. The number of carbonyl (C=O) groups is 6. The van der Waals surface area contributed by atoms with Gasteiger partial charge in [0.05, 0.1) is 61.5 Å². The average Bonchev–Trinajstić information content (AvgIpc) is 1.08. The zero-order valence-electron chi connectivity index (χ0n) is 58.1. The molecule has 6 aromatic rings. The molecular weight excluding hydrogens is 1670 g/mol. The average molecular weight is 1740 g/mol. The standard InChI is InChI=1S/C24H22BrF3N4O4S.C24H23BrF2N4O4S.C24H22ClF3N4O4S/c1-2-36-23(35)19-17(11-32-10-13(3-6-18(33)34)24(27,28)12-32)30-21(22-29-7-8-37-22)31-20(19)15-5-4-14(26)9-16(15)25;1-2-35-24(34)20-18(12-31-10-13(17(27)11-31)3-6-19(32)33)29-22(23-28-7-8-36-23)30-21(20)15-5-4-14(26)9-16(15)25;1-2-36-23(35)19-17(11-32-10-13(3-6-18(33)34)24(27,28)12-32)30-21(22-29-7-8-37-22)31-20(19)15-5-4-14(26)9-16(15)25/h3-9,13,20H,2,10-12H2,1H3,(H,30,31)(H,33,34);3-9,13,17,21H,2,10-12H2,1H3,(H,29,30)(H,32,33);3-9,13,20H,2,10-12H2,1H3,(H,30,31)(H,33,34)/b3*6-3+/t13?,20-;13?,17?,21-;13?,20-/m000/s1. The molecule has 3 aromatic carbocycles. The number of hydrogen-bond donors (Lipinski definition) is 6. The molecule has 6 N–H and O–H groups in total. The summed E-state index contributed by atoms with van der Waals surface area (Å²) in [4.78, 5) is 104. The van der Waals surface area contributed by atoms with Crippen LogP contribution in [0.25, 0.3) is 0 Å². The summed E-state index contributed by atoms with van der Waals surface area (Å²) < 4.78 is 132. The lowest BCUT2D eigenvalue weighted by Gasteiger charge is -2.29. The Bertz CT molecular complexity index is 4530. The molecule has 3 saturated heterocycles. The van der Waals surface area contributed by atoms with Crippen LogP contribution < -0.4 is 16.0 Å². The molecule has 0 aliphatic carbocycles. The number of alkyl halides is 5. The molecule has 6 aliphatic heterocycles. The van der Waals surface area contributed by atoms with Gasteiger partial charge in [0.25, 0.3) is 11.8 Å². The molecule has 0 saturated carbocycles. The van der Waals surface area contributed by atoms with Gasteiger partial charge in [0, 0.05) is 141 Å². The van der Waals surface area contributed by atoms with Gasteiger partial charge < -0.3 is 45.5 Å². The molecule has 3 fully saturated rings. The van der Waals surface area contributed by atoms with E-state index in [-0.39, 0.29) is 98.9 Å². The minimum atomic E-state index is -3.18. The van der Waals surface area contributed by atoms with Crippen molar-refractivity contribution in [3.8, 4) is 0 Å². The smallest absolute Gasteiger partial charge is 0.338 e. The Morgan fingerprint density at radius 2 is 0.873 bits per heavy atom. The summed E-state index contributed by atoms with van der Waals surface area (Å²) in [7, 11) is 0. The van der Waals surface area contributed by atoms with Crippen molar-refractivity contribution in [3.63, 3.8) is 0 Å². The number of nitrogens with one attached hydrogen (secondary N) is 3. The van der Waals surface area contributed by atoms with Crippen LogP contribution in [0.2, 0.25) is 5.02 Å². The first kappa shape index (κ1) is 83.3. The Kier molecular flexibility index (Phi) is 28.2. The second kappa shape index (κ2) is 37.2. The van der Waals surface area contributed by atoms with Gasteiger partial charge >= 0.3 is 35.8 Å². The fourth-order valence-electron chi connectivity index (χ4n) is 12.6. The number of aromatic nitrogens is 3.